The second-order valence-corrected chi connectivity index (χ2v) is 4.45. The van der Waals surface area contributed by atoms with E-state index in [0.717, 1.165) is 5.52 Å². The number of Topliss-reactive ketones (excluding diaryl/α,β-unsaturated/α-hetero) is 1. The van der Waals surface area contributed by atoms with Gasteiger partial charge in [0.1, 0.15) is 0 Å². The van der Waals surface area contributed by atoms with Crippen molar-refractivity contribution in [1.29, 1.82) is 0 Å². The van der Waals surface area contributed by atoms with Gasteiger partial charge < -0.3 is 14.5 Å². The minimum atomic E-state index is -0.467. The number of carbonyl (C=O) groups excluding carboxylic acids is 3. The Hall–Kier alpha value is -2.63. The summed E-state index contributed by atoms with van der Waals surface area (Å²) in [5.74, 6) is -1.09. The standard InChI is InChI=1S/C15H15NO5/c1-20-14(18)6-5-13(17)11-8-16-12-4-3-9(7-10(11)12)15(19)21-2/h3-4,7-8,16H,5-6H2,1-2H3. The van der Waals surface area contributed by atoms with Crippen molar-refractivity contribution in [3.63, 3.8) is 0 Å². The Kier molecular flexibility index (Phi) is 4.37. The number of ketones is 1. The fraction of sp³-hybridized carbons (Fsp3) is 0.267. The van der Waals surface area contributed by atoms with E-state index in [9.17, 15) is 14.4 Å². The highest BCUT2D eigenvalue weighted by atomic mass is 16.5. The van der Waals surface area contributed by atoms with Gasteiger partial charge in [-0.3, -0.25) is 9.59 Å². The van der Waals surface area contributed by atoms with Gasteiger partial charge in [-0.25, -0.2) is 4.79 Å². The van der Waals surface area contributed by atoms with E-state index in [-0.39, 0.29) is 18.6 Å². The maximum atomic E-state index is 12.1. The lowest BCUT2D eigenvalue weighted by atomic mass is 10.0. The molecule has 2 rings (SSSR count). The molecule has 6 nitrogen and oxygen atoms in total. The van der Waals surface area contributed by atoms with E-state index >= 15 is 0 Å². The molecule has 6 heteroatoms. The largest absolute Gasteiger partial charge is 0.469 e. The number of aromatic nitrogens is 1. The van der Waals surface area contributed by atoms with Crippen LogP contribution in [0.1, 0.15) is 33.6 Å². The first kappa shape index (κ1) is 14.8. The molecule has 0 bridgehead atoms. The van der Waals surface area contributed by atoms with Crippen molar-refractivity contribution in [3.8, 4) is 0 Å². The summed E-state index contributed by atoms with van der Waals surface area (Å²) >= 11 is 0. The summed E-state index contributed by atoms with van der Waals surface area (Å²) in [6, 6.07) is 4.93. The zero-order valence-corrected chi connectivity index (χ0v) is 11.8. The van der Waals surface area contributed by atoms with Crippen molar-refractivity contribution >= 4 is 28.6 Å². The smallest absolute Gasteiger partial charge is 0.337 e. The first-order valence-electron chi connectivity index (χ1n) is 6.36. The maximum Gasteiger partial charge on any atom is 0.337 e. The zero-order chi connectivity index (χ0) is 15.4. The number of methoxy groups -OCH3 is 2. The van der Waals surface area contributed by atoms with Crippen molar-refractivity contribution < 1.29 is 23.9 Å². The van der Waals surface area contributed by atoms with Crippen LogP contribution in [0, 0.1) is 0 Å². The Bertz CT molecular complexity index is 701. The summed E-state index contributed by atoms with van der Waals surface area (Å²) < 4.78 is 9.17. The molecule has 1 aromatic heterocycles. The molecule has 0 unspecified atom stereocenters. The normalized spacial score (nSPS) is 10.4. The van der Waals surface area contributed by atoms with Gasteiger partial charge in [-0.15, -0.1) is 0 Å². The van der Waals surface area contributed by atoms with Crippen LogP contribution in [0.25, 0.3) is 10.9 Å². The molecule has 2 aromatic rings. The van der Waals surface area contributed by atoms with Gasteiger partial charge in [0, 0.05) is 29.1 Å². The number of esters is 2. The van der Waals surface area contributed by atoms with Gasteiger partial charge in [-0.05, 0) is 18.2 Å². The second-order valence-electron chi connectivity index (χ2n) is 4.45. The monoisotopic (exact) mass is 289 g/mol. The van der Waals surface area contributed by atoms with E-state index in [0.29, 0.717) is 16.5 Å². The van der Waals surface area contributed by atoms with Crippen LogP contribution >= 0.6 is 0 Å². The van der Waals surface area contributed by atoms with Gasteiger partial charge >= 0.3 is 11.9 Å². The summed E-state index contributed by atoms with van der Waals surface area (Å²) in [5.41, 5.74) is 1.55. The van der Waals surface area contributed by atoms with Crippen LogP contribution < -0.4 is 0 Å². The number of benzene rings is 1. The maximum absolute atomic E-state index is 12.1. The van der Waals surface area contributed by atoms with Crippen molar-refractivity contribution in [1.82, 2.24) is 4.98 Å². The highest BCUT2D eigenvalue weighted by Crippen LogP contribution is 2.22. The molecule has 0 saturated carbocycles. The molecule has 0 aliphatic rings. The summed E-state index contributed by atoms with van der Waals surface area (Å²) in [6.07, 6.45) is 1.66. The number of hydrogen-bond donors (Lipinski definition) is 1. The predicted octanol–water partition coefficient (Wildman–Crippen LogP) is 2.09. The zero-order valence-electron chi connectivity index (χ0n) is 11.8. The molecule has 0 radical (unpaired) electrons. The van der Waals surface area contributed by atoms with Gasteiger partial charge in [-0.2, -0.15) is 0 Å². The third kappa shape index (κ3) is 3.10. The summed E-state index contributed by atoms with van der Waals surface area (Å²) in [4.78, 5) is 37.7. The van der Waals surface area contributed by atoms with E-state index in [2.05, 4.69) is 14.5 Å². The highest BCUT2D eigenvalue weighted by molar-refractivity contribution is 6.09. The quantitative estimate of drug-likeness (QED) is 0.673. The third-order valence-corrected chi connectivity index (χ3v) is 3.19. The average Bonchev–Trinajstić information content (AvgIpc) is 2.94. The number of H-pyrrole nitrogens is 1. The molecule has 21 heavy (non-hydrogen) atoms. The summed E-state index contributed by atoms with van der Waals surface area (Å²) in [7, 11) is 2.58. The Labute approximate surface area is 121 Å². The van der Waals surface area contributed by atoms with E-state index in [1.54, 1.807) is 24.4 Å². The first-order valence-corrected chi connectivity index (χ1v) is 6.36. The lowest BCUT2D eigenvalue weighted by molar-refractivity contribution is -0.140. The van der Waals surface area contributed by atoms with Crippen molar-refractivity contribution in [3.05, 3.63) is 35.5 Å². The SMILES string of the molecule is COC(=O)CCC(=O)c1c[nH]c2ccc(C(=O)OC)cc12. The molecule has 1 aromatic carbocycles. The number of hydrogen-bond acceptors (Lipinski definition) is 5. The molecular formula is C15H15NO5. The molecule has 0 atom stereocenters. The van der Waals surface area contributed by atoms with Crippen LogP contribution in [-0.4, -0.2) is 36.9 Å². The van der Waals surface area contributed by atoms with E-state index in [1.165, 1.54) is 14.2 Å². The average molecular weight is 289 g/mol. The number of carbonyl (C=O) groups is 3. The van der Waals surface area contributed by atoms with E-state index in [4.69, 9.17) is 0 Å². The Morgan fingerprint density at radius 3 is 2.52 bits per heavy atom. The lowest BCUT2D eigenvalue weighted by Gasteiger charge is -2.02. The van der Waals surface area contributed by atoms with Gasteiger partial charge in [0.25, 0.3) is 0 Å². The molecule has 0 aliphatic carbocycles. The van der Waals surface area contributed by atoms with Crippen molar-refractivity contribution in [2.45, 2.75) is 12.8 Å². The van der Waals surface area contributed by atoms with Crippen LogP contribution in [0.5, 0.6) is 0 Å². The molecule has 1 N–H and O–H groups in total. The minimum absolute atomic E-state index is 0.0265. The third-order valence-electron chi connectivity index (χ3n) is 3.19. The van der Waals surface area contributed by atoms with Gasteiger partial charge in [0.05, 0.1) is 26.2 Å². The topological polar surface area (TPSA) is 85.5 Å². The number of aromatic amines is 1. The van der Waals surface area contributed by atoms with Crippen LogP contribution in [0.15, 0.2) is 24.4 Å². The molecular weight excluding hydrogens is 274 g/mol. The molecule has 0 amide bonds. The second kappa shape index (κ2) is 6.21. The molecule has 0 aliphatic heterocycles. The van der Waals surface area contributed by atoms with Crippen LogP contribution in [-0.2, 0) is 14.3 Å². The minimum Gasteiger partial charge on any atom is -0.469 e. The Morgan fingerprint density at radius 2 is 1.86 bits per heavy atom. The Balaban J connectivity index is 2.29. The van der Waals surface area contributed by atoms with Crippen molar-refractivity contribution in [2.75, 3.05) is 14.2 Å². The Morgan fingerprint density at radius 1 is 1.10 bits per heavy atom. The molecule has 0 spiro atoms. The number of ether oxygens (including phenoxy) is 2. The van der Waals surface area contributed by atoms with E-state index < -0.39 is 11.9 Å². The fourth-order valence-electron chi connectivity index (χ4n) is 2.05. The van der Waals surface area contributed by atoms with Crippen molar-refractivity contribution in [2.24, 2.45) is 0 Å². The highest BCUT2D eigenvalue weighted by Gasteiger charge is 2.15. The fourth-order valence-corrected chi connectivity index (χ4v) is 2.05. The lowest BCUT2D eigenvalue weighted by Crippen LogP contribution is -2.06. The number of rotatable bonds is 5. The summed E-state index contributed by atoms with van der Waals surface area (Å²) in [6.45, 7) is 0. The molecule has 1 heterocycles. The predicted molar refractivity (Wildman–Crippen MR) is 75.2 cm³/mol. The summed E-state index contributed by atoms with van der Waals surface area (Å²) in [5, 5.41) is 0.632. The van der Waals surface area contributed by atoms with Crippen LogP contribution in [0.3, 0.4) is 0 Å². The van der Waals surface area contributed by atoms with Crippen LogP contribution in [0.4, 0.5) is 0 Å². The number of nitrogens with one attached hydrogen (secondary N) is 1. The first-order chi connectivity index (χ1) is 10.1. The van der Waals surface area contributed by atoms with Gasteiger partial charge in [0.15, 0.2) is 5.78 Å². The molecule has 0 saturated heterocycles. The van der Waals surface area contributed by atoms with E-state index in [1.807, 2.05) is 0 Å². The van der Waals surface area contributed by atoms with Gasteiger partial charge in [0.2, 0.25) is 0 Å². The van der Waals surface area contributed by atoms with Crippen LogP contribution in [0.2, 0.25) is 0 Å². The van der Waals surface area contributed by atoms with Gasteiger partial charge in [-0.1, -0.05) is 0 Å². The number of fused-ring (bicyclic) bond motifs is 1. The molecule has 110 valence electrons. The molecule has 0 fully saturated rings.